The summed E-state index contributed by atoms with van der Waals surface area (Å²) in [5, 5.41) is 3.47. The molecule has 3 nitrogen and oxygen atoms in total. The zero-order valence-corrected chi connectivity index (χ0v) is 15.9. The Hall–Kier alpha value is -0.710. The van der Waals surface area contributed by atoms with Gasteiger partial charge in [0.25, 0.3) is 0 Å². The highest BCUT2D eigenvalue weighted by Crippen LogP contribution is 2.36. The summed E-state index contributed by atoms with van der Waals surface area (Å²) in [5.41, 5.74) is 1.18. The van der Waals surface area contributed by atoms with Crippen molar-refractivity contribution in [3.63, 3.8) is 0 Å². The SMILES string of the molecule is C=CCOc1c(Br)cc(CNCCCCCC)cc1OC.Cl. The molecular weight excluding hydrogens is 366 g/mol. The van der Waals surface area contributed by atoms with Crippen LogP contribution in [0.25, 0.3) is 0 Å². The summed E-state index contributed by atoms with van der Waals surface area (Å²) in [6, 6.07) is 4.09. The molecule has 0 radical (unpaired) electrons. The largest absolute Gasteiger partial charge is 0.493 e. The van der Waals surface area contributed by atoms with Crippen LogP contribution >= 0.6 is 28.3 Å². The number of hydrogen-bond acceptors (Lipinski definition) is 3. The normalized spacial score (nSPS) is 9.95. The van der Waals surface area contributed by atoms with Crippen LogP contribution in [-0.4, -0.2) is 20.3 Å². The molecule has 0 saturated heterocycles. The molecule has 1 aromatic carbocycles. The van der Waals surface area contributed by atoms with Gasteiger partial charge in [0.05, 0.1) is 11.6 Å². The topological polar surface area (TPSA) is 30.5 Å². The third kappa shape index (κ3) is 7.52. The fraction of sp³-hybridized carbons (Fsp3) is 0.529. The minimum atomic E-state index is 0. The molecule has 126 valence electrons. The number of methoxy groups -OCH3 is 1. The Labute approximate surface area is 149 Å². The van der Waals surface area contributed by atoms with Gasteiger partial charge in [0, 0.05) is 6.54 Å². The molecular formula is C17H27BrClNO2. The first-order valence-electron chi connectivity index (χ1n) is 7.53. The van der Waals surface area contributed by atoms with Crippen molar-refractivity contribution in [2.45, 2.75) is 39.2 Å². The van der Waals surface area contributed by atoms with Crippen molar-refractivity contribution in [2.75, 3.05) is 20.3 Å². The van der Waals surface area contributed by atoms with Crippen LogP contribution < -0.4 is 14.8 Å². The van der Waals surface area contributed by atoms with Crippen molar-refractivity contribution in [3.05, 3.63) is 34.8 Å². The van der Waals surface area contributed by atoms with E-state index in [1.807, 2.05) is 6.07 Å². The highest BCUT2D eigenvalue weighted by Gasteiger charge is 2.11. The van der Waals surface area contributed by atoms with Gasteiger partial charge in [0.2, 0.25) is 0 Å². The first-order valence-corrected chi connectivity index (χ1v) is 8.33. The Morgan fingerprint density at radius 1 is 1.27 bits per heavy atom. The Kier molecular flexibility index (Phi) is 12.4. The standard InChI is InChI=1S/C17H26BrNO2.ClH/c1-4-6-7-8-9-19-13-14-11-15(18)17(21-10-5-2)16(12-14)20-3;/h5,11-12,19H,2,4,6-10,13H2,1,3H3;1H. The third-order valence-electron chi connectivity index (χ3n) is 3.17. The molecule has 0 aliphatic rings. The Balaban J connectivity index is 0.00000441. The van der Waals surface area contributed by atoms with Gasteiger partial charge in [-0.1, -0.05) is 38.8 Å². The van der Waals surface area contributed by atoms with Gasteiger partial charge in [-0.2, -0.15) is 0 Å². The van der Waals surface area contributed by atoms with E-state index < -0.39 is 0 Å². The molecule has 1 N–H and O–H groups in total. The molecule has 0 amide bonds. The van der Waals surface area contributed by atoms with Gasteiger partial charge < -0.3 is 14.8 Å². The quantitative estimate of drug-likeness (QED) is 0.419. The fourth-order valence-corrected chi connectivity index (χ4v) is 2.67. The molecule has 0 aliphatic carbocycles. The van der Waals surface area contributed by atoms with Crippen molar-refractivity contribution in [3.8, 4) is 11.5 Å². The van der Waals surface area contributed by atoms with E-state index in [4.69, 9.17) is 9.47 Å². The van der Waals surface area contributed by atoms with Crippen LogP contribution in [0.2, 0.25) is 0 Å². The van der Waals surface area contributed by atoms with E-state index in [0.717, 1.165) is 29.1 Å². The zero-order valence-electron chi connectivity index (χ0n) is 13.5. The van der Waals surface area contributed by atoms with E-state index in [9.17, 15) is 0 Å². The molecule has 1 rings (SSSR count). The second-order valence-corrected chi connectivity index (χ2v) is 5.80. The predicted octanol–water partition coefficient (Wildman–Crippen LogP) is 5.11. The van der Waals surface area contributed by atoms with Gasteiger partial charge in [-0.15, -0.1) is 12.4 Å². The maximum absolute atomic E-state index is 5.62. The van der Waals surface area contributed by atoms with Crippen LogP contribution in [0.5, 0.6) is 11.5 Å². The van der Waals surface area contributed by atoms with E-state index in [2.05, 4.69) is 40.8 Å². The van der Waals surface area contributed by atoms with Crippen molar-refractivity contribution >= 4 is 28.3 Å². The second kappa shape index (κ2) is 12.8. The monoisotopic (exact) mass is 391 g/mol. The van der Waals surface area contributed by atoms with Crippen LogP contribution in [0.4, 0.5) is 0 Å². The van der Waals surface area contributed by atoms with E-state index >= 15 is 0 Å². The predicted molar refractivity (Wildman–Crippen MR) is 99.5 cm³/mol. The summed E-state index contributed by atoms with van der Waals surface area (Å²) in [6.07, 6.45) is 6.84. The van der Waals surface area contributed by atoms with Crippen LogP contribution in [0.1, 0.15) is 38.2 Å². The summed E-state index contributed by atoms with van der Waals surface area (Å²) in [5.74, 6) is 1.47. The van der Waals surface area contributed by atoms with Crippen molar-refractivity contribution in [1.82, 2.24) is 5.32 Å². The number of rotatable bonds is 11. The van der Waals surface area contributed by atoms with E-state index in [1.54, 1.807) is 13.2 Å². The van der Waals surface area contributed by atoms with Gasteiger partial charge in [0.15, 0.2) is 11.5 Å². The molecule has 22 heavy (non-hydrogen) atoms. The number of halogens is 2. The van der Waals surface area contributed by atoms with E-state index in [1.165, 1.54) is 31.2 Å². The lowest BCUT2D eigenvalue weighted by atomic mass is 10.2. The molecule has 1 aromatic rings. The molecule has 0 aliphatic heterocycles. The number of unbranched alkanes of at least 4 members (excludes halogenated alkanes) is 3. The molecule has 0 bridgehead atoms. The summed E-state index contributed by atoms with van der Waals surface area (Å²) in [7, 11) is 1.66. The smallest absolute Gasteiger partial charge is 0.175 e. The van der Waals surface area contributed by atoms with Crippen LogP contribution in [0.3, 0.4) is 0 Å². The molecule has 0 atom stereocenters. The van der Waals surface area contributed by atoms with Crippen molar-refractivity contribution < 1.29 is 9.47 Å². The van der Waals surface area contributed by atoms with E-state index in [0.29, 0.717) is 6.61 Å². The Morgan fingerprint density at radius 3 is 2.68 bits per heavy atom. The maximum atomic E-state index is 5.62. The summed E-state index contributed by atoms with van der Waals surface area (Å²) in [6.45, 7) is 8.24. The average molecular weight is 393 g/mol. The zero-order chi connectivity index (χ0) is 15.5. The lowest BCUT2D eigenvalue weighted by molar-refractivity contribution is 0.324. The number of hydrogen-bond donors (Lipinski definition) is 1. The Morgan fingerprint density at radius 2 is 2.05 bits per heavy atom. The van der Waals surface area contributed by atoms with Crippen LogP contribution in [0, 0.1) is 0 Å². The molecule has 5 heteroatoms. The average Bonchev–Trinajstić information content (AvgIpc) is 2.49. The molecule has 0 heterocycles. The van der Waals surface area contributed by atoms with Crippen molar-refractivity contribution in [2.24, 2.45) is 0 Å². The lowest BCUT2D eigenvalue weighted by Gasteiger charge is -2.14. The number of ether oxygens (including phenoxy) is 2. The summed E-state index contributed by atoms with van der Waals surface area (Å²) < 4.78 is 11.9. The first-order chi connectivity index (χ1) is 10.2. The highest BCUT2D eigenvalue weighted by atomic mass is 79.9. The minimum Gasteiger partial charge on any atom is -0.493 e. The molecule has 0 unspecified atom stereocenters. The molecule has 0 saturated carbocycles. The van der Waals surface area contributed by atoms with Gasteiger partial charge >= 0.3 is 0 Å². The van der Waals surface area contributed by atoms with Gasteiger partial charge in [-0.25, -0.2) is 0 Å². The molecule has 0 spiro atoms. The number of benzene rings is 1. The summed E-state index contributed by atoms with van der Waals surface area (Å²) in [4.78, 5) is 0. The fourth-order valence-electron chi connectivity index (χ4n) is 2.07. The van der Waals surface area contributed by atoms with E-state index in [-0.39, 0.29) is 12.4 Å². The minimum absolute atomic E-state index is 0. The van der Waals surface area contributed by atoms with Gasteiger partial charge in [0.1, 0.15) is 6.61 Å². The lowest BCUT2D eigenvalue weighted by Crippen LogP contribution is -2.14. The highest BCUT2D eigenvalue weighted by molar-refractivity contribution is 9.10. The number of nitrogens with one attached hydrogen (secondary N) is 1. The third-order valence-corrected chi connectivity index (χ3v) is 3.76. The van der Waals surface area contributed by atoms with Crippen molar-refractivity contribution in [1.29, 1.82) is 0 Å². The maximum Gasteiger partial charge on any atom is 0.175 e. The molecule has 0 fully saturated rings. The Bertz CT molecular complexity index is 441. The second-order valence-electron chi connectivity index (χ2n) is 4.95. The van der Waals surface area contributed by atoms with Crippen LogP contribution in [-0.2, 0) is 6.54 Å². The first kappa shape index (κ1) is 21.3. The molecule has 0 aromatic heterocycles. The summed E-state index contributed by atoms with van der Waals surface area (Å²) >= 11 is 3.55. The van der Waals surface area contributed by atoms with Crippen LogP contribution in [0.15, 0.2) is 29.3 Å². The van der Waals surface area contributed by atoms with Gasteiger partial charge in [-0.3, -0.25) is 0 Å². The van der Waals surface area contributed by atoms with Gasteiger partial charge in [-0.05, 0) is 46.6 Å².